The Hall–Kier alpha value is -2.87. The Morgan fingerprint density at radius 2 is 2.04 bits per heavy atom. The number of H-pyrrole nitrogens is 1. The maximum atomic E-state index is 12.3. The summed E-state index contributed by atoms with van der Waals surface area (Å²) < 4.78 is 11.2. The lowest BCUT2D eigenvalue weighted by atomic mass is 10.1. The van der Waals surface area contributed by atoms with Gasteiger partial charge in [-0.15, -0.1) is 0 Å². The molecule has 0 radical (unpaired) electrons. The van der Waals surface area contributed by atoms with Crippen LogP contribution in [-0.4, -0.2) is 29.6 Å². The molecule has 128 valence electrons. The van der Waals surface area contributed by atoms with Gasteiger partial charge in [-0.05, 0) is 40.2 Å². The van der Waals surface area contributed by atoms with Gasteiger partial charge in [0.15, 0.2) is 18.1 Å². The van der Waals surface area contributed by atoms with Gasteiger partial charge in [-0.25, -0.2) is 4.98 Å². The molecule has 0 atom stereocenters. The quantitative estimate of drug-likeness (QED) is 0.678. The number of para-hydroxylation sites is 1. The normalized spacial score (nSPS) is 10.6. The summed E-state index contributed by atoms with van der Waals surface area (Å²) in [4.78, 5) is 30.4. The molecule has 1 amide bonds. The number of carbonyl (C=O) groups excluding carboxylic acids is 1. The van der Waals surface area contributed by atoms with Crippen molar-refractivity contribution in [3.63, 3.8) is 0 Å². The summed E-state index contributed by atoms with van der Waals surface area (Å²) in [6, 6.07) is 10.4. The van der Waals surface area contributed by atoms with E-state index in [1.807, 2.05) is 6.07 Å². The number of hydrogen-bond donors (Lipinski definition) is 2. The number of nitrogens with zero attached hydrogens (tertiary/aromatic N) is 1. The van der Waals surface area contributed by atoms with Crippen LogP contribution in [0.2, 0.25) is 0 Å². The van der Waals surface area contributed by atoms with Crippen LogP contribution in [-0.2, 0) is 4.79 Å². The summed E-state index contributed by atoms with van der Waals surface area (Å²) in [5.41, 5.74) is 6.06. The molecule has 7 nitrogen and oxygen atoms in total. The third-order valence-corrected chi connectivity index (χ3v) is 4.15. The second kappa shape index (κ2) is 6.94. The Balaban J connectivity index is 2.11. The van der Waals surface area contributed by atoms with Crippen LogP contribution in [0, 0.1) is 0 Å². The number of benzene rings is 2. The van der Waals surface area contributed by atoms with Gasteiger partial charge < -0.3 is 20.2 Å². The molecule has 3 aromatic rings. The number of methoxy groups -OCH3 is 1. The highest BCUT2D eigenvalue weighted by Crippen LogP contribution is 2.37. The van der Waals surface area contributed by atoms with Crippen LogP contribution < -0.4 is 20.8 Å². The number of halogens is 1. The number of nitrogens with one attached hydrogen (secondary N) is 1. The summed E-state index contributed by atoms with van der Waals surface area (Å²) in [5.74, 6) is 0.522. The van der Waals surface area contributed by atoms with Crippen molar-refractivity contribution in [3.05, 3.63) is 51.2 Å². The number of carbonyl (C=O) groups is 1. The highest BCUT2D eigenvalue weighted by atomic mass is 79.9. The molecule has 0 spiro atoms. The van der Waals surface area contributed by atoms with Crippen LogP contribution >= 0.6 is 15.9 Å². The third-order valence-electron chi connectivity index (χ3n) is 3.49. The molecule has 0 saturated heterocycles. The molecule has 2 aromatic carbocycles. The highest BCUT2D eigenvalue weighted by molar-refractivity contribution is 9.10. The van der Waals surface area contributed by atoms with Crippen LogP contribution in [0.4, 0.5) is 0 Å². The number of nitrogens with two attached hydrogens (primary N) is 1. The average Bonchev–Trinajstić information content (AvgIpc) is 2.60. The van der Waals surface area contributed by atoms with Gasteiger partial charge in [-0.1, -0.05) is 12.1 Å². The van der Waals surface area contributed by atoms with Gasteiger partial charge in [-0.2, -0.15) is 0 Å². The van der Waals surface area contributed by atoms with Gasteiger partial charge in [0.05, 0.1) is 18.0 Å². The second-order valence-electron chi connectivity index (χ2n) is 5.17. The number of amides is 1. The Morgan fingerprint density at radius 3 is 2.76 bits per heavy atom. The van der Waals surface area contributed by atoms with Crippen LogP contribution in [0.15, 0.2) is 45.7 Å². The molecular formula is C17H14BrN3O4. The predicted octanol–water partition coefficient (Wildman–Crippen LogP) is 2.23. The Kier molecular flexibility index (Phi) is 4.71. The van der Waals surface area contributed by atoms with E-state index in [0.717, 1.165) is 0 Å². The number of primary amides is 1. The number of fused-ring (bicyclic) bond motifs is 1. The lowest BCUT2D eigenvalue weighted by Crippen LogP contribution is -2.20. The van der Waals surface area contributed by atoms with E-state index in [-0.39, 0.29) is 12.2 Å². The van der Waals surface area contributed by atoms with E-state index >= 15 is 0 Å². The van der Waals surface area contributed by atoms with Crippen molar-refractivity contribution in [1.29, 1.82) is 0 Å². The monoisotopic (exact) mass is 403 g/mol. The average molecular weight is 404 g/mol. The zero-order valence-electron chi connectivity index (χ0n) is 13.2. The molecule has 8 heteroatoms. The fraction of sp³-hybridized carbons (Fsp3) is 0.118. The van der Waals surface area contributed by atoms with E-state index < -0.39 is 5.91 Å². The van der Waals surface area contributed by atoms with E-state index in [1.54, 1.807) is 30.3 Å². The smallest absolute Gasteiger partial charge is 0.259 e. The first kappa shape index (κ1) is 17.0. The van der Waals surface area contributed by atoms with Crippen LogP contribution in [0.5, 0.6) is 11.5 Å². The minimum Gasteiger partial charge on any atom is -0.493 e. The Labute approximate surface area is 150 Å². The van der Waals surface area contributed by atoms with Crippen LogP contribution in [0.1, 0.15) is 0 Å². The van der Waals surface area contributed by atoms with Crippen molar-refractivity contribution in [3.8, 4) is 22.9 Å². The molecule has 1 heterocycles. The third kappa shape index (κ3) is 3.48. The summed E-state index contributed by atoms with van der Waals surface area (Å²) >= 11 is 3.43. The molecule has 0 unspecified atom stereocenters. The van der Waals surface area contributed by atoms with E-state index in [9.17, 15) is 9.59 Å². The fourth-order valence-electron chi connectivity index (χ4n) is 2.35. The first-order valence-electron chi connectivity index (χ1n) is 7.27. The molecule has 3 N–H and O–H groups in total. The molecule has 0 aliphatic heterocycles. The Morgan fingerprint density at radius 1 is 1.28 bits per heavy atom. The number of aromatic amines is 1. The zero-order valence-corrected chi connectivity index (χ0v) is 14.8. The Bertz CT molecular complexity index is 1020. The number of hydrogen-bond acceptors (Lipinski definition) is 5. The van der Waals surface area contributed by atoms with Gasteiger partial charge in [0.1, 0.15) is 5.82 Å². The van der Waals surface area contributed by atoms with E-state index in [2.05, 4.69) is 25.9 Å². The van der Waals surface area contributed by atoms with Crippen molar-refractivity contribution in [2.24, 2.45) is 5.73 Å². The van der Waals surface area contributed by atoms with Crippen molar-refractivity contribution in [1.82, 2.24) is 9.97 Å². The minimum absolute atomic E-state index is 0.236. The lowest BCUT2D eigenvalue weighted by Gasteiger charge is -2.13. The van der Waals surface area contributed by atoms with Gasteiger partial charge >= 0.3 is 0 Å². The maximum Gasteiger partial charge on any atom is 0.259 e. The maximum absolute atomic E-state index is 12.3. The standard InChI is InChI=1S/C17H14BrN3O4/c1-24-13-6-10(11(18)7-14(13)25-8-15(19)22)16-20-12-5-3-2-4-9(12)17(23)21-16/h2-7H,8H2,1H3,(H2,19,22)(H,20,21,23). The molecule has 0 fully saturated rings. The second-order valence-corrected chi connectivity index (χ2v) is 6.02. The summed E-state index contributed by atoms with van der Waals surface area (Å²) in [6.45, 7) is -0.271. The van der Waals surface area contributed by atoms with Gasteiger partial charge in [0.2, 0.25) is 0 Å². The lowest BCUT2D eigenvalue weighted by molar-refractivity contribution is -0.119. The molecule has 1 aromatic heterocycles. The molecule has 25 heavy (non-hydrogen) atoms. The molecule has 0 aliphatic rings. The number of rotatable bonds is 5. The highest BCUT2D eigenvalue weighted by Gasteiger charge is 2.15. The SMILES string of the molecule is COc1cc(-c2nc3ccccc3c(=O)[nH]2)c(Br)cc1OCC(N)=O. The molecule has 0 bridgehead atoms. The first-order valence-corrected chi connectivity index (χ1v) is 8.07. The van der Waals surface area contributed by atoms with Crippen molar-refractivity contribution >= 4 is 32.7 Å². The summed E-state index contributed by atoms with van der Waals surface area (Å²) in [5, 5.41) is 0.510. The van der Waals surface area contributed by atoms with Crippen molar-refractivity contribution in [2.45, 2.75) is 0 Å². The number of aromatic nitrogens is 2. The van der Waals surface area contributed by atoms with E-state index in [0.29, 0.717) is 38.3 Å². The van der Waals surface area contributed by atoms with Crippen LogP contribution in [0.3, 0.4) is 0 Å². The minimum atomic E-state index is -0.595. The fourth-order valence-corrected chi connectivity index (χ4v) is 2.86. The van der Waals surface area contributed by atoms with Crippen molar-refractivity contribution < 1.29 is 14.3 Å². The van der Waals surface area contributed by atoms with Gasteiger partial charge in [0, 0.05) is 10.0 Å². The van der Waals surface area contributed by atoms with Gasteiger partial charge in [-0.3, -0.25) is 9.59 Å². The predicted molar refractivity (Wildman–Crippen MR) is 96.7 cm³/mol. The summed E-state index contributed by atoms with van der Waals surface area (Å²) in [6.07, 6.45) is 0. The topological polar surface area (TPSA) is 107 Å². The van der Waals surface area contributed by atoms with E-state index in [4.69, 9.17) is 15.2 Å². The molecular weight excluding hydrogens is 390 g/mol. The molecule has 0 saturated carbocycles. The zero-order chi connectivity index (χ0) is 18.0. The first-order chi connectivity index (χ1) is 12.0. The largest absolute Gasteiger partial charge is 0.493 e. The van der Waals surface area contributed by atoms with E-state index in [1.165, 1.54) is 7.11 Å². The van der Waals surface area contributed by atoms with Crippen molar-refractivity contribution in [2.75, 3.05) is 13.7 Å². The van der Waals surface area contributed by atoms with Gasteiger partial charge in [0.25, 0.3) is 11.5 Å². The number of ether oxygens (including phenoxy) is 2. The molecule has 3 rings (SSSR count). The molecule has 0 aliphatic carbocycles. The summed E-state index contributed by atoms with van der Waals surface area (Å²) in [7, 11) is 1.47. The van der Waals surface area contributed by atoms with Crippen LogP contribution in [0.25, 0.3) is 22.3 Å².